The maximum absolute atomic E-state index is 14.9. The summed E-state index contributed by atoms with van der Waals surface area (Å²) < 4.78 is 45.8. The fourth-order valence-electron chi connectivity index (χ4n) is 4.71. The molecule has 9 nitrogen and oxygen atoms in total. The third-order valence-electron chi connectivity index (χ3n) is 6.51. The first kappa shape index (κ1) is 24.8. The van der Waals surface area contributed by atoms with Crippen LogP contribution >= 0.6 is 0 Å². The molecule has 0 radical (unpaired) electrons. The molecule has 0 amide bonds. The van der Waals surface area contributed by atoms with Crippen molar-refractivity contribution in [2.45, 2.75) is 43.4 Å². The molecule has 4 rings (SSSR count). The smallest absolute Gasteiger partial charge is 0.261 e. The van der Waals surface area contributed by atoms with Crippen molar-refractivity contribution in [2.24, 2.45) is 5.14 Å². The lowest BCUT2D eigenvalue weighted by Gasteiger charge is -2.28. The van der Waals surface area contributed by atoms with Gasteiger partial charge in [0.15, 0.2) is 11.6 Å². The quantitative estimate of drug-likeness (QED) is 0.454. The van der Waals surface area contributed by atoms with Crippen LogP contribution in [0.2, 0.25) is 0 Å². The SMILES string of the molecule is CNCCCn1cnc2ccc(Oc3c(F)ccc(C4(S(N)(=O)=O)CCCC4)c3C#N)cc2c1=O. The number of nitrogens with two attached hydrogens (primary N) is 1. The van der Waals surface area contributed by atoms with E-state index < -0.39 is 26.3 Å². The van der Waals surface area contributed by atoms with E-state index in [1.165, 1.54) is 29.1 Å². The van der Waals surface area contributed by atoms with Crippen LogP contribution in [0.5, 0.6) is 11.5 Å². The van der Waals surface area contributed by atoms with Gasteiger partial charge >= 0.3 is 0 Å². The summed E-state index contributed by atoms with van der Waals surface area (Å²) in [4.78, 5) is 17.2. The number of benzene rings is 2. The molecular formula is C24H26FN5O4S. The van der Waals surface area contributed by atoms with Crippen LogP contribution in [0, 0.1) is 17.1 Å². The van der Waals surface area contributed by atoms with E-state index in [1.807, 2.05) is 13.1 Å². The van der Waals surface area contributed by atoms with Crippen LogP contribution in [0.4, 0.5) is 4.39 Å². The molecule has 1 aliphatic rings. The Morgan fingerprint density at radius 3 is 2.69 bits per heavy atom. The Labute approximate surface area is 202 Å². The first-order chi connectivity index (χ1) is 16.7. The first-order valence-corrected chi connectivity index (χ1v) is 12.8. The molecule has 11 heteroatoms. The van der Waals surface area contributed by atoms with Gasteiger partial charge in [-0.3, -0.25) is 9.36 Å². The predicted molar refractivity (Wildman–Crippen MR) is 129 cm³/mol. The highest BCUT2D eigenvalue weighted by Crippen LogP contribution is 2.47. The highest BCUT2D eigenvalue weighted by molar-refractivity contribution is 7.90. The normalized spacial score (nSPS) is 15.3. The Morgan fingerprint density at radius 2 is 2.03 bits per heavy atom. The largest absolute Gasteiger partial charge is 0.453 e. The lowest BCUT2D eigenvalue weighted by molar-refractivity contribution is 0.437. The fourth-order valence-corrected chi connectivity index (χ4v) is 6.04. The Balaban J connectivity index is 1.78. The van der Waals surface area contributed by atoms with Crippen LogP contribution in [0.25, 0.3) is 10.9 Å². The van der Waals surface area contributed by atoms with Crippen molar-refractivity contribution in [3.05, 3.63) is 64.0 Å². The van der Waals surface area contributed by atoms with Crippen LogP contribution < -0.4 is 20.8 Å². The molecule has 0 atom stereocenters. The molecule has 1 saturated carbocycles. The summed E-state index contributed by atoms with van der Waals surface area (Å²) in [5, 5.41) is 18.8. The second-order valence-corrected chi connectivity index (χ2v) is 10.5. The van der Waals surface area contributed by atoms with E-state index in [2.05, 4.69) is 10.3 Å². The van der Waals surface area contributed by atoms with E-state index in [-0.39, 0.29) is 40.7 Å². The molecule has 1 aromatic heterocycles. The molecule has 1 fully saturated rings. The van der Waals surface area contributed by atoms with Crippen molar-refractivity contribution >= 4 is 20.9 Å². The first-order valence-electron chi connectivity index (χ1n) is 11.3. The van der Waals surface area contributed by atoms with Crippen molar-refractivity contribution in [3.63, 3.8) is 0 Å². The molecule has 3 aromatic rings. The van der Waals surface area contributed by atoms with Gasteiger partial charge in [0.2, 0.25) is 10.0 Å². The van der Waals surface area contributed by atoms with Gasteiger partial charge in [-0.2, -0.15) is 5.26 Å². The van der Waals surface area contributed by atoms with Gasteiger partial charge in [0, 0.05) is 6.54 Å². The van der Waals surface area contributed by atoms with E-state index in [0.717, 1.165) is 19.0 Å². The topological polar surface area (TPSA) is 140 Å². The van der Waals surface area contributed by atoms with E-state index in [9.17, 15) is 22.9 Å². The lowest BCUT2D eigenvalue weighted by Crippen LogP contribution is -2.39. The monoisotopic (exact) mass is 499 g/mol. The summed E-state index contributed by atoms with van der Waals surface area (Å²) in [6, 6.07) is 8.81. The van der Waals surface area contributed by atoms with Gasteiger partial charge in [0.05, 0.1) is 17.2 Å². The molecule has 2 aromatic carbocycles. The number of nitrogens with one attached hydrogen (secondary N) is 1. The molecule has 0 bridgehead atoms. The standard InChI is InChI=1S/C24H26FN5O4S/c1-28-11-4-12-30-15-29-21-8-5-16(13-17(21)23(30)31)34-22-18(14-26)19(6-7-20(22)25)24(35(27,32)33)9-2-3-10-24/h5-8,13,15,28H,2-4,9-12H2,1H3,(H2,27,32,33). The number of rotatable bonds is 8. The molecule has 0 unspecified atom stereocenters. The Kier molecular flexibility index (Phi) is 6.89. The zero-order valence-electron chi connectivity index (χ0n) is 19.3. The average Bonchev–Trinajstić information content (AvgIpc) is 3.33. The number of aryl methyl sites for hydroxylation is 1. The van der Waals surface area contributed by atoms with Gasteiger partial charge in [-0.05, 0) is 62.7 Å². The molecule has 3 N–H and O–H groups in total. The van der Waals surface area contributed by atoms with Crippen LogP contribution in [-0.2, 0) is 21.3 Å². The maximum Gasteiger partial charge on any atom is 0.261 e. The number of nitriles is 1. The number of sulfonamides is 1. The Bertz CT molecular complexity index is 1470. The number of ether oxygens (including phenoxy) is 1. The van der Waals surface area contributed by atoms with Crippen molar-refractivity contribution in [1.82, 2.24) is 14.9 Å². The second kappa shape index (κ2) is 9.73. The van der Waals surface area contributed by atoms with Crippen LogP contribution in [-0.4, -0.2) is 31.6 Å². The molecule has 0 spiro atoms. The third kappa shape index (κ3) is 4.52. The summed E-state index contributed by atoms with van der Waals surface area (Å²) in [5.74, 6) is -1.12. The summed E-state index contributed by atoms with van der Waals surface area (Å²) >= 11 is 0. The van der Waals surface area contributed by atoms with Gasteiger partial charge in [-0.25, -0.2) is 22.9 Å². The second-order valence-electron chi connectivity index (χ2n) is 8.64. The van der Waals surface area contributed by atoms with E-state index >= 15 is 0 Å². The van der Waals surface area contributed by atoms with E-state index in [0.29, 0.717) is 24.9 Å². The van der Waals surface area contributed by atoms with Gasteiger partial charge in [-0.1, -0.05) is 18.9 Å². The number of fused-ring (bicyclic) bond motifs is 1. The number of nitrogens with zero attached hydrogens (tertiary/aromatic N) is 3. The number of halogens is 1. The van der Waals surface area contributed by atoms with E-state index in [1.54, 1.807) is 6.07 Å². The zero-order chi connectivity index (χ0) is 25.2. The molecule has 1 aliphatic carbocycles. The highest BCUT2D eigenvalue weighted by atomic mass is 32.2. The van der Waals surface area contributed by atoms with Gasteiger partial charge in [-0.15, -0.1) is 0 Å². The molecule has 184 valence electrons. The number of aromatic nitrogens is 2. The van der Waals surface area contributed by atoms with Gasteiger partial charge in [0.25, 0.3) is 5.56 Å². The third-order valence-corrected chi connectivity index (χ3v) is 8.23. The maximum atomic E-state index is 14.9. The van der Waals surface area contributed by atoms with Crippen LogP contribution in [0.3, 0.4) is 0 Å². The molecule has 1 heterocycles. The minimum absolute atomic E-state index is 0.119. The Morgan fingerprint density at radius 1 is 1.29 bits per heavy atom. The van der Waals surface area contributed by atoms with Crippen molar-refractivity contribution in [1.29, 1.82) is 5.26 Å². The predicted octanol–water partition coefficient (Wildman–Crippen LogP) is 2.87. The fraction of sp³-hybridized carbons (Fsp3) is 0.375. The van der Waals surface area contributed by atoms with Crippen molar-refractivity contribution < 1.29 is 17.5 Å². The lowest BCUT2D eigenvalue weighted by atomic mass is 9.91. The van der Waals surface area contributed by atoms with E-state index in [4.69, 9.17) is 9.88 Å². The molecular weight excluding hydrogens is 473 g/mol. The summed E-state index contributed by atoms with van der Waals surface area (Å²) in [6.07, 6.45) is 3.92. The Hall–Kier alpha value is -3.33. The summed E-state index contributed by atoms with van der Waals surface area (Å²) in [6.45, 7) is 1.21. The molecule has 0 aliphatic heterocycles. The number of primary sulfonamides is 1. The highest BCUT2D eigenvalue weighted by Gasteiger charge is 2.48. The van der Waals surface area contributed by atoms with Crippen LogP contribution in [0.15, 0.2) is 41.5 Å². The van der Waals surface area contributed by atoms with Gasteiger partial charge in [0.1, 0.15) is 22.1 Å². The van der Waals surface area contributed by atoms with Crippen molar-refractivity contribution in [3.8, 4) is 17.6 Å². The summed E-state index contributed by atoms with van der Waals surface area (Å²) in [7, 11) is -2.26. The molecule has 35 heavy (non-hydrogen) atoms. The minimum atomic E-state index is -4.09. The number of hydrogen-bond donors (Lipinski definition) is 2. The summed E-state index contributed by atoms with van der Waals surface area (Å²) in [5.41, 5.74) is 0.0777. The molecule has 0 saturated heterocycles. The minimum Gasteiger partial charge on any atom is -0.453 e. The zero-order valence-corrected chi connectivity index (χ0v) is 20.1. The van der Waals surface area contributed by atoms with Gasteiger partial charge < -0.3 is 10.1 Å². The average molecular weight is 500 g/mol. The number of hydrogen-bond acceptors (Lipinski definition) is 7. The van der Waals surface area contributed by atoms with Crippen molar-refractivity contribution in [2.75, 3.05) is 13.6 Å². The van der Waals surface area contributed by atoms with Crippen LogP contribution in [0.1, 0.15) is 43.2 Å².